The summed E-state index contributed by atoms with van der Waals surface area (Å²) >= 11 is 0. The Kier molecular flexibility index (Phi) is 3.57. The average molecular weight is 228 g/mol. The smallest absolute Gasteiger partial charge is 0.133 e. The number of anilines is 3. The van der Waals surface area contributed by atoms with Crippen molar-refractivity contribution in [2.75, 3.05) is 16.9 Å². The Labute approximate surface area is 101 Å². The molecule has 0 fully saturated rings. The maximum atomic E-state index is 5.32. The fourth-order valence-electron chi connectivity index (χ4n) is 1.72. The molecule has 0 atom stereocenters. The number of pyridine rings is 1. The van der Waals surface area contributed by atoms with Crippen molar-refractivity contribution in [1.82, 2.24) is 4.98 Å². The first kappa shape index (κ1) is 11.4. The predicted octanol–water partition coefficient (Wildman–Crippen LogP) is 2.53. The molecule has 0 saturated heterocycles. The van der Waals surface area contributed by atoms with Crippen molar-refractivity contribution in [3.8, 4) is 0 Å². The molecule has 4 nitrogen and oxygen atoms in total. The maximum absolute atomic E-state index is 5.32. The molecule has 0 spiro atoms. The van der Waals surface area contributed by atoms with Crippen LogP contribution in [0.2, 0.25) is 0 Å². The summed E-state index contributed by atoms with van der Waals surface area (Å²) < 4.78 is 0. The van der Waals surface area contributed by atoms with Crippen molar-refractivity contribution in [2.24, 2.45) is 5.84 Å². The third kappa shape index (κ3) is 2.54. The van der Waals surface area contributed by atoms with Gasteiger partial charge in [-0.1, -0.05) is 18.2 Å². The van der Waals surface area contributed by atoms with Gasteiger partial charge in [-0.3, -0.25) is 5.84 Å². The van der Waals surface area contributed by atoms with E-state index in [0.717, 1.165) is 23.7 Å². The summed E-state index contributed by atoms with van der Waals surface area (Å²) in [7, 11) is 0. The van der Waals surface area contributed by atoms with Gasteiger partial charge in [0, 0.05) is 12.2 Å². The molecule has 2 aromatic rings. The van der Waals surface area contributed by atoms with Gasteiger partial charge < -0.3 is 10.3 Å². The van der Waals surface area contributed by atoms with Gasteiger partial charge in [0.2, 0.25) is 0 Å². The molecular weight excluding hydrogens is 212 g/mol. The lowest BCUT2D eigenvalue weighted by Gasteiger charge is -2.22. The second kappa shape index (κ2) is 5.32. The second-order valence-corrected chi connectivity index (χ2v) is 3.63. The van der Waals surface area contributed by atoms with E-state index in [0.29, 0.717) is 0 Å². The molecule has 0 radical (unpaired) electrons. The molecule has 1 aromatic heterocycles. The zero-order chi connectivity index (χ0) is 12.1. The largest absolute Gasteiger partial charge is 0.327 e. The van der Waals surface area contributed by atoms with Crippen LogP contribution in [0.25, 0.3) is 0 Å². The number of benzene rings is 1. The lowest BCUT2D eigenvalue weighted by atomic mass is 10.3. The van der Waals surface area contributed by atoms with E-state index in [1.165, 1.54) is 0 Å². The van der Waals surface area contributed by atoms with E-state index in [4.69, 9.17) is 5.84 Å². The summed E-state index contributed by atoms with van der Waals surface area (Å²) in [6.45, 7) is 2.97. The average Bonchev–Trinajstić information content (AvgIpc) is 2.42. The summed E-state index contributed by atoms with van der Waals surface area (Å²) in [5.41, 5.74) is 4.51. The number of rotatable bonds is 4. The minimum atomic E-state index is 0.804. The van der Waals surface area contributed by atoms with Crippen LogP contribution in [0.15, 0.2) is 48.7 Å². The molecule has 88 valence electrons. The van der Waals surface area contributed by atoms with Gasteiger partial charge in [-0.05, 0) is 31.2 Å². The Morgan fingerprint density at radius 1 is 1.18 bits per heavy atom. The fourth-order valence-corrected chi connectivity index (χ4v) is 1.72. The quantitative estimate of drug-likeness (QED) is 0.623. The van der Waals surface area contributed by atoms with Gasteiger partial charge in [0.15, 0.2) is 0 Å². The Balaban J connectivity index is 2.29. The van der Waals surface area contributed by atoms with Crippen LogP contribution in [0.3, 0.4) is 0 Å². The fraction of sp³-hybridized carbons (Fsp3) is 0.154. The molecule has 4 heteroatoms. The summed E-state index contributed by atoms with van der Waals surface area (Å²) in [6.07, 6.45) is 1.72. The number of hydrazine groups is 1. The molecule has 0 saturated carbocycles. The van der Waals surface area contributed by atoms with Gasteiger partial charge in [-0.2, -0.15) is 0 Å². The monoisotopic (exact) mass is 228 g/mol. The molecule has 17 heavy (non-hydrogen) atoms. The number of nitrogens with zero attached hydrogens (tertiary/aromatic N) is 2. The number of nitrogens with two attached hydrogens (primary N) is 1. The summed E-state index contributed by atoms with van der Waals surface area (Å²) in [4.78, 5) is 6.52. The minimum Gasteiger partial charge on any atom is -0.327 e. The van der Waals surface area contributed by atoms with Gasteiger partial charge in [0.1, 0.15) is 5.82 Å². The van der Waals surface area contributed by atoms with Gasteiger partial charge in [0.25, 0.3) is 0 Å². The van der Waals surface area contributed by atoms with E-state index < -0.39 is 0 Å². The van der Waals surface area contributed by atoms with E-state index in [1.54, 1.807) is 6.20 Å². The van der Waals surface area contributed by atoms with Crippen LogP contribution in [0.5, 0.6) is 0 Å². The summed E-state index contributed by atoms with van der Waals surface area (Å²) in [6, 6.07) is 14.0. The first-order chi connectivity index (χ1) is 8.35. The molecule has 0 aliphatic heterocycles. The van der Waals surface area contributed by atoms with Gasteiger partial charge >= 0.3 is 0 Å². The highest BCUT2D eigenvalue weighted by Gasteiger charge is 2.07. The van der Waals surface area contributed by atoms with Gasteiger partial charge in [-0.25, -0.2) is 4.98 Å². The highest BCUT2D eigenvalue weighted by Crippen LogP contribution is 2.23. The molecule has 0 amide bonds. The third-order valence-electron chi connectivity index (χ3n) is 2.58. The van der Waals surface area contributed by atoms with Gasteiger partial charge in [0.05, 0.1) is 11.9 Å². The van der Waals surface area contributed by atoms with Crippen LogP contribution in [0.1, 0.15) is 6.92 Å². The van der Waals surface area contributed by atoms with E-state index in [9.17, 15) is 0 Å². The SMILES string of the molecule is CCN(c1ccccc1)c1ccc(NN)cn1. The Bertz CT molecular complexity index is 453. The van der Waals surface area contributed by atoms with Crippen molar-refractivity contribution < 1.29 is 0 Å². The molecule has 0 aliphatic rings. The number of aromatic nitrogens is 1. The number of hydrogen-bond donors (Lipinski definition) is 2. The van der Waals surface area contributed by atoms with Crippen molar-refractivity contribution >= 4 is 17.2 Å². The Morgan fingerprint density at radius 2 is 1.94 bits per heavy atom. The highest BCUT2D eigenvalue weighted by molar-refractivity contribution is 5.61. The molecule has 0 bridgehead atoms. The van der Waals surface area contributed by atoms with Crippen LogP contribution >= 0.6 is 0 Å². The standard InChI is InChI=1S/C13H16N4/c1-2-17(12-6-4-3-5-7-12)13-9-8-11(16-14)10-15-13/h3-10,16H,2,14H2,1H3. The normalized spacial score (nSPS) is 10.0. The number of para-hydroxylation sites is 1. The van der Waals surface area contributed by atoms with E-state index in [1.807, 2.05) is 30.3 Å². The first-order valence-electron chi connectivity index (χ1n) is 5.60. The highest BCUT2D eigenvalue weighted by atomic mass is 15.2. The molecule has 0 unspecified atom stereocenters. The van der Waals surface area contributed by atoms with E-state index >= 15 is 0 Å². The number of nitrogen functional groups attached to an aromatic ring is 1. The van der Waals surface area contributed by atoms with Crippen LogP contribution in [0, 0.1) is 0 Å². The number of nitrogens with one attached hydrogen (secondary N) is 1. The molecule has 2 rings (SSSR count). The Hall–Kier alpha value is -2.07. The van der Waals surface area contributed by atoms with Crippen LogP contribution in [0.4, 0.5) is 17.2 Å². The summed E-state index contributed by atoms with van der Waals surface area (Å²) in [5.74, 6) is 6.23. The van der Waals surface area contributed by atoms with Crippen molar-refractivity contribution in [1.29, 1.82) is 0 Å². The van der Waals surface area contributed by atoms with Crippen molar-refractivity contribution in [2.45, 2.75) is 6.92 Å². The third-order valence-corrected chi connectivity index (χ3v) is 2.58. The lowest BCUT2D eigenvalue weighted by Crippen LogP contribution is -2.17. The van der Waals surface area contributed by atoms with Crippen LogP contribution < -0.4 is 16.2 Å². The molecular formula is C13H16N4. The first-order valence-corrected chi connectivity index (χ1v) is 5.60. The van der Waals surface area contributed by atoms with Crippen LogP contribution in [-0.2, 0) is 0 Å². The minimum absolute atomic E-state index is 0.804. The molecule has 0 aliphatic carbocycles. The van der Waals surface area contributed by atoms with Crippen LogP contribution in [-0.4, -0.2) is 11.5 Å². The van der Waals surface area contributed by atoms with Crippen molar-refractivity contribution in [3.63, 3.8) is 0 Å². The molecule has 1 heterocycles. The lowest BCUT2D eigenvalue weighted by molar-refractivity contribution is 0.989. The van der Waals surface area contributed by atoms with Gasteiger partial charge in [-0.15, -0.1) is 0 Å². The zero-order valence-electron chi connectivity index (χ0n) is 9.80. The molecule has 3 N–H and O–H groups in total. The number of hydrogen-bond acceptors (Lipinski definition) is 4. The Morgan fingerprint density at radius 3 is 2.47 bits per heavy atom. The topological polar surface area (TPSA) is 54.2 Å². The zero-order valence-corrected chi connectivity index (χ0v) is 9.80. The maximum Gasteiger partial charge on any atom is 0.133 e. The van der Waals surface area contributed by atoms with Crippen molar-refractivity contribution in [3.05, 3.63) is 48.7 Å². The molecule has 1 aromatic carbocycles. The van der Waals surface area contributed by atoms with E-state index in [-0.39, 0.29) is 0 Å². The predicted molar refractivity (Wildman–Crippen MR) is 71.2 cm³/mol. The van der Waals surface area contributed by atoms with E-state index in [2.05, 4.69) is 34.4 Å². The second-order valence-electron chi connectivity index (χ2n) is 3.63. The summed E-state index contributed by atoms with van der Waals surface area (Å²) in [5, 5.41) is 0.